The van der Waals surface area contributed by atoms with Gasteiger partial charge in [0, 0.05) is 17.5 Å². The molecule has 0 aliphatic rings. The third kappa shape index (κ3) is 2.91. The van der Waals surface area contributed by atoms with Crippen molar-refractivity contribution in [2.24, 2.45) is 0 Å². The van der Waals surface area contributed by atoms with Crippen molar-refractivity contribution in [3.63, 3.8) is 0 Å². The van der Waals surface area contributed by atoms with Gasteiger partial charge < -0.3 is 0 Å². The van der Waals surface area contributed by atoms with Gasteiger partial charge in [0.1, 0.15) is 4.90 Å². The van der Waals surface area contributed by atoms with E-state index in [-0.39, 0.29) is 4.90 Å². The van der Waals surface area contributed by atoms with Gasteiger partial charge >= 0.3 is 0 Å². The largest absolute Gasteiger partial charge is 0.267 e. The molecule has 0 saturated heterocycles. The van der Waals surface area contributed by atoms with Crippen molar-refractivity contribution in [2.75, 3.05) is 6.26 Å². The number of rotatable bonds is 3. The average Bonchev–Trinajstić information content (AvgIpc) is 2.70. The van der Waals surface area contributed by atoms with Crippen LogP contribution >= 0.6 is 11.6 Å². The highest BCUT2D eigenvalue weighted by Crippen LogP contribution is 2.16. The molecule has 0 N–H and O–H groups in total. The van der Waals surface area contributed by atoms with Gasteiger partial charge in [0.2, 0.25) is 0 Å². The van der Waals surface area contributed by atoms with Gasteiger partial charge in [0.25, 0.3) is 0 Å². The molecule has 2 aromatic rings. The SMILES string of the molecule is Cc1cc(Cl)ccc1Cn1cc(S(C)(=O)=O)cn1. The molecule has 0 aliphatic carbocycles. The molecule has 2 rings (SSSR count). The Kier molecular flexibility index (Phi) is 3.45. The van der Waals surface area contributed by atoms with Crippen molar-refractivity contribution in [1.29, 1.82) is 0 Å². The van der Waals surface area contributed by atoms with Gasteiger partial charge in [-0.25, -0.2) is 8.42 Å². The molecule has 0 amide bonds. The predicted molar refractivity (Wildman–Crippen MR) is 70.6 cm³/mol. The molecule has 1 aromatic heterocycles. The van der Waals surface area contributed by atoms with Crippen LogP contribution in [0.5, 0.6) is 0 Å². The Morgan fingerprint density at radius 1 is 1.39 bits per heavy atom. The fourth-order valence-electron chi connectivity index (χ4n) is 1.63. The van der Waals surface area contributed by atoms with E-state index in [1.807, 2.05) is 25.1 Å². The summed E-state index contributed by atoms with van der Waals surface area (Å²) in [6, 6.07) is 5.60. The highest BCUT2D eigenvalue weighted by molar-refractivity contribution is 7.90. The molecule has 4 nitrogen and oxygen atoms in total. The molecule has 0 radical (unpaired) electrons. The summed E-state index contributed by atoms with van der Waals surface area (Å²) < 4.78 is 24.3. The maximum absolute atomic E-state index is 11.3. The van der Waals surface area contributed by atoms with Crippen LogP contribution in [-0.2, 0) is 16.4 Å². The van der Waals surface area contributed by atoms with Crippen molar-refractivity contribution in [2.45, 2.75) is 18.4 Å². The zero-order valence-corrected chi connectivity index (χ0v) is 11.7. The van der Waals surface area contributed by atoms with E-state index in [0.717, 1.165) is 11.1 Å². The molecule has 0 fully saturated rings. The van der Waals surface area contributed by atoms with E-state index < -0.39 is 9.84 Å². The first kappa shape index (κ1) is 13.1. The Morgan fingerprint density at radius 2 is 2.11 bits per heavy atom. The summed E-state index contributed by atoms with van der Waals surface area (Å²) >= 11 is 5.88. The third-order valence-electron chi connectivity index (χ3n) is 2.67. The van der Waals surface area contributed by atoms with E-state index in [4.69, 9.17) is 11.6 Å². The van der Waals surface area contributed by atoms with E-state index >= 15 is 0 Å². The molecule has 96 valence electrons. The Morgan fingerprint density at radius 3 is 2.67 bits per heavy atom. The lowest BCUT2D eigenvalue weighted by Crippen LogP contribution is -2.02. The first-order valence-electron chi connectivity index (χ1n) is 5.34. The second-order valence-electron chi connectivity index (χ2n) is 4.22. The number of nitrogens with zero attached hydrogens (tertiary/aromatic N) is 2. The summed E-state index contributed by atoms with van der Waals surface area (Å²) in [5.41, 5.74) is 2.11. The maximum Gasteiger partial charge on any atom is 0.178 e. The second kappa shape index (κ2) is 4.74. The zero-order valence-electron chi connectivity index (χ0n) is 10.1. The first-order chi connectivity index (χ1) is 8.36. The molecule has 6 heteroatoms. The number of aryl methyl sites for hydroxylation is 1. The predicted octanol–water partition coefficient (Wildman–Crippen LogP) is 2.30. The van der Waals surface area contributed by atoms with Crippen molar-refractivity contribution in [3.05, 3.63) is 46.7 Å². The van der Waals surface area contributed by atoms with Gasteiger partial charge in [0.05, 0.1) is 12.7 Å². The smallest absolute Gasteiger partial charge is 0.178 e. The number of hydrogen-bond acceptors (Lipinski definition) is 3. The molecule has 0 saturated carbocycles. The van der Waals surface area contributed by atoms with Gasteiger partial charge in [-0.05, 0) is 30.2 Å². The highest BCUT2D eigenvalue weighted by Gasteiger charge is 2.10. The molecule has 0 bridgehead atoms. The molecular formula is C12H13ClN2O2S. The quantitative estimate of drug-likeness (QED) is 0.869. The zero-order chi connectivity index (χ0) is 13.3. The maximum atomic E-state index is 11.3. The average molecular weight is 285 g/mol. The summed E-state index contributed by atoms with van der Waals surface area (Å²) in [5.74, 6) is 0. The summed E-state index contributed by atoms with van der Waals surface area (Å²) in [5, 5.41) is 4.73. The van der Waals surface area contributed by atoms with E-state index in [0.29, 0.717) is 11.6 Å². The fraction of sp³-hybridized carbons (Fsp3) is 0.250. The molecule has 0 atom stereocenters. The lowest BCUT2D eigenvalue weighted by molar-refractivity contribution is 0.601. The minimum Gasteiger partial charge on any atom is -0.267 e. The van der Waals surface area contributed by atoms with Crippen molar-refractivity contribution in [1.82, 2.24) is 9.78 Å². The standard InChI is InChI=1S/C12H13ClN2O2S/c1-9-5-11(13)4-3-10(9)7-15-8-12(6-14-15)18(2,16)17/h3-6,8H,7H2,1-2H3. The summed E-state index contributed by atoms with van der Waals surface area (Å²) in [4.78, 5) is 0.231. The Bertz CT molecular complexity index is 677. The normalized spacial score (nSPS) is 11.7. The van der Waals surface area contributed by atoms with Gasteiger partial charge in [-0.3, -0.25) is 4.68 Å². The number of halogens is 1. The second-order valence-corrected chi connectivity index (χ2v) is 6.67. The Labute approximate surface area is 111 Å². The number of benzene rings is 1. The molecule has 1 aromatic carbocycles. The lowest BCUT2D eigenvalue weighted by atomic mass is 10.1. The van der Waals surface area contributed by atoms with E-state index in [2.05, 4.69) is 5.10 Å². The van der Waals surface area contributed by atoms with Crippen LogP contribution in [0.4, 0.5) is 0 Å². The highest BCUT2D eigenvalue weighted by atomic mass is 35.5. The van der Waals surface area contributed by atoms with Crippen LogP contribution in [0.15, 0.2) is 35.5 Å². The van der Waals surface area contributed by atoms with E-state index in [1.165, 1.54) is 18.6 Å². The minimum absolute atomic E-state index is 0.231. The van der Waals surface area contributed by atoms with Gasteiger partial charge in [0.15, 0.2) is 9.84 Å². The Balaban J connectivity index is 2.27. The third-order valence-corrected chi connectivity index (χ3v) is 3.98. The van der Waals surface area contributed by atoms with Crippen LogP contribution in [0, 0.1) is 6.92 Å². The minimum atomic E-state index is -3.20. The molecule has 0 unspecified atom stereocenters. The summed E-state index contributed by atoms with van der Waals surface area (Å²) in [7, 11) is -3.20. The van der Waals surface area contributed by atoms with Crippen LogP contribution in [0.2, 0.25) is 5.02 Å². The molecule has 0 spiro atoms. The van der Waals surface area contributed by atoms with Crippen LogP contribution in [0.1, 0.15) is 11.1 Å². The summed E-state index contributed by atoms with van der Waals surface area (Å²) in [6.45, 7) is 2.49. The number of sulfone groups is 1. The van der Waals surface area contributed by atoms with Crippen molar-refractivity contribution >= 4 is 21.4 Å². The van der Waals surface area contributed by atoms with Gasteiger partial charge in [-0.2, -0.15) is 5.10 Å². The van der Waals surface area contributed by atoms with E-state index in [1.54, 1.807) is 4.68 Å². The van der Waals surface area contributed by atoms with Gasteiger partial charge in [-0.15, -0.1) is 0 Å². The Hall–Kier alpha value is -1.33. The molecular weight excluding hydrogens is 272 g/mol. The fourth-order valence-corrected chi connectivity index (χ4v) is 2.41. The van der Waals surface area contributed by atoms with Crippen LogP contribution < -0.4 is 0 Å². The first-order valence-corrected chi connectivity index (χ1v) is 7.61. The van der Waals surface area contributed by atoms with Crippen LogP contribution in [0.3, 0.4) is 0 Å². The summed E-state index contributed by atoms with van der Waals surface area (Å²) in [6.07, 6.45) is 4.06. The molecule has 1 heterocycles. The van der Waals surface area contributed by atoms with Crippen LogP contribution in [0.25, 0.3) is 0 Å². The monoisotopic (exact) mass is 284 g/mol. The van der Waals surface area contributed by atoms with Crippen molar-refractivity contribution < 1.29 is 8.42 Å². The number of aromatic nitrogens is 2. The van der Waals surface area contributed by atoms with Gasteiger partial charge in [-0.1, -0.05) is 17.7 Å². The molecule has 18 heavy (non-hydrogen) atoms. The lowest BCUT2D eigenvalue weighted by Gasteiger charge is -2.06. The molecule has 0 aliphatic heterocycles. The van der Waals surface area contributed by atoms with Crippen LogP contribution in [-0.4, -0.2) is 24.5 Å². The van der Waals surface area contributed by atoms with E-state index in [9.17, 15) is 8.42 Å². The topological polar surface area (TPSA) is 52.0 Å². The number of hydrogen-bond donors (Lipinski definition) is 0. The van der Waals surface area contributed by atoms with Crippen molar-refractivity contribution in [3.8, 4) is 0 Å².